The Hall–Kier alpha value is -2.33. The van der Waals surface area contributed by atoms with Crippen LogP contribution in [0.3, 0.4) is 0 Å². The number of ether oxygens (including phenoxy) is 1. The fraction of sp³-hybridized carbons (Fsp3) is 0.316. The molecule has 4 nitrogen and oxygen atoms in total. The van der Waals surface area contributed by atoms with Gasteiger partial charge in [-0.15, -0.1) is 0 Å². The molecular formula is C19H23NO3. The lowest BCUT2D eigenvalue weighted by atomic mass is 9.92. The molecule has 0 spiro atoms. The lowest BCUT2D eigenvalue weighted by Gasteiger charge is -2.23. The molecule has 0 aliphatic carbocycles. The van der Waals surface area contributed by atoms with E-state index in [4.69, 9.17) is 4.74 Å². The summed E-state index contributed by atoms with van der Waals surface area (Å²) in [4.78, 5) is 12.0. The number of carbonyl (C=O) groups excluding carboxylic acids is 1. The Morgan fingerprint density at radius 3 is 2.35 bits per heavy atom. The van der Waals surface area contributed by atoms with Gasteiger partial charge in [-0.05, 0) is 31.0 Å². The van der Waals surface area contributed by atoms with E-state index in [1.165, 1.54) is 0 Å². The van der Waals surface area contributed by atoms with Crippen LogP contribution in [0, 0.1) is 0 Å². The van der Waals surface area contributed by atoms with Crippen molar-refractivity contribution in [3.8, 4) is 5.75 Å². The van der Waals surface area contributed by atoms with Crippen LogP contribution < -0.4 is 10.1 Å². The SMILES string of the molecule is CC(O)(CC(=O)NCCCOc1ccccc1)c1ccccc1. The molecule has 2 N–H and O–H groups in total. The molecular weight excluding hydrogens is 290 g/mol. The Morgan fingerprint density at radius 2 is 1.70 bits per heavy atom. The Bertz CT molecular complexity index is 597. The summed E-state index contributed by atoms with van der Waals surface area (Å²) in [5, 5.41) is 13.2. The molecule has 1 amide bonds. The largest absolute Gasteiger partial charge is 0.494 e. The fourth-order valence-electron chi connectivity index (χ4n) is 2.28. The lowest BCUT2D eigenvalue weighted by molar-refractivity contribution is -0.125. The van der Waals surface area contributed by atoms with Gasteiger partial charge in [0.2, 0.25) is 5.91 Å². The van der Waals surface area contributed by atoms with E-state index in [9.17, 15) is 9.90 Å². The van der Waals surface area contributed by atoms with Crippen molar-refractivity contribution in [3.05, 3.63) is 66.2 Å². The molecule has 0 saturated carbocycles. The first kappa shape index (κ1) is 17.0. The molecule has 0 saturated heterocycles. The number of nitrogens with one attached hydrogen (secondary N) is 1. The number of rotatable bonds is 8. The Labute approximate surface area is 137 Å². The van der Waals surface area contributed by atoms with Crippen LogP contribution in [0.5, 0.6) is 5.75 Å². The molecule has 0 aliphatic heterocycles. The molecule has 0 fully saturated rings. The molecule has 4 heteroatoms. The van der Waals surface area contributed by atoms with Crippen molar-refractivity contribution in [1.82, 2.24) is 5.32 Å². The first-order chi connectivity index (χ1) is 11.1. The van der Waals surface area contributed by atoms with Gasteiger partial charge in [-0.1, -0.05) is 48.5 Å². The van der Waals surface area contributed by atoms with E-state index in [0.717, 1.165) is 11.3 Å². The van der Waals surface area contributed by atoms with Crippen LogP contribution in [0.1, 0.15) is 25.3 Å². The summed E-state index contributed by atoms with van der Waals surface area (Å²) < 4.78 is 5.56. The minimum Gasteiger partial charge on any atom is -0.494 e. The average Bonchev–Trinajstić information content (AvgIpc) is 2.56. The summed E-state index contributed by atoms with van der Waals surface area (Å²) >= 11 is 0. The Kier molecular flexibility index (Phi) is 6.18. The molecule has 1 atom stereocenters. The standard InChI is InChI=1S/C19H23NO3/c1-19(22,16-9-4-2-5-10-16)15-18(21)20-13-8-14-23-17-11-6-3-7-12-17/h2-7,9-12,22H,8,13-15H2,1H3,(H,20,21). The quantitative estimate of drug-likeness (QED) is 0.737. The minimum absolute atomic E-state index is 0.0382. The van der Waals surface area contributed by atoms with Crippen molar-refractivity contribution < 1.29 is 14.6 Å². The third kappa shape index (κ3) is 5.75. The van der Waals surface area contributed by atoms with Gasteiger partial charge in [0, 0.05) is 6.54 Å². The van der Waals surface area contributed by atoms with E-state index >= 15 is 0 Å². The lowest BCUT2D eigenvalue weighted by Crippen LogP contribution is -2.33. The Morgan fingerprint density at radius 1 is 1.09 bits per heavy atom. The molecule has 2 rings (SSSR count). The maximum absolute atomic E-state index is 12.0. The number of aliphatic hydroxyl groups is 1. The number of hydrogen-bond donors (Lipinski definition) is 2. The molecule has 2 aromatic rings. The van der Waals surface area contributed by atoms with Crippen LogP contribution in [0.2, 0.25) is 0 Å². The van der Waals surface area contributed by atoms with Crippen LogP contribution >= 0.6 is 0 Å². The number of hydrogen-bond acceptors (Lipinski definition) is 3. The summed E-state index contributed by atoms with van der Waals surface area (Å²) in [6, 6.07) is 18.8. The number of carbonyl (C=O) groups is 1. The van der Waals surface area contributed by atoms with E-state index in [2.05, 4.69) is 5.32 Å². The third-order valence-electron chi connectivity index (χ3n) is 3.56. The highest BCUT2D eigenvalue weighted by molar-refractivity contribution is 5.77. The van der Waals surface area contributed by atoms with E-state index in [0.29, 0.717) is 19.6 Å². The van der Waals surface area contributed by atoms with E-state index in [1.807, 2.05) is 60.7 Å². The molecule has 0 bridgehead atoms. The second kappa shape index (κ2) is 8.34. The van der Waals surface area contributed by atoms with Gasteiger partial charge in [-0.25, -0.2) is 0 Å². The molecule has 2 aromatic carbocycles. The van der Waals surface area contributed by atoms with E-state index in [1.54, 1.807) is 6.92 Å². The number of amides is 1. The van der Waals surface area contributed by atoms with Gasteiger partial charge >= 0.3 is 0 Å². The van der Waals surface area contributed by atoms with Gasteiger partial charge in [0.15, 0.2) is 0 Å². The summed E-state index contributed by atoms with van der Waals surface area (Å²) in [5.74, 6) is 0.657. The van der Waals surface area contributed by atoms with Gasteiger partial charge in [0.05, 0.1) is 18.6 Å². The van der Waals surface area contributed by atoms with E-state index in [-0.39, 0.29) is 12.3 Å². The molecule has 122 valence electrons. The maximum Gasteiger partial charge on any atom is 0.223 e. The van der Waals surface area contributed by atoms with Crippen LogP contribution in [0.25, 0.3) is 0 Å². The van der Waals surface area contributed by atoms with Crippen molar-refractivity contribution in [2.24, 2.45) is 0 Å². The molecule has 23 heavy (non-hydrogen) atoms. The normalized spacial score (nSPS) is 13.1. The van der Waals surface area contributed by atoms with Crippen molar-refractivity contribution in [3.63, 3.8) is 0 Å². The first-order valence-electron chi connectivity index (χ1n) is 7.80. The van der Waals surface area contributed by atoms with Crippen LogP contribution in [0.4, 0.5) is 0 Å². The predicted molar refractivity (Wildman–Crippen MR) is 90.2 cm³/mol. The molecule has 0 aromatic heterocycles. The summed E-state index contributed by atoms with van der Waals surface area (Å²) in [6.45, 7) is 2.72. The summed E-state index contributed by atoms with van der Waals surface area (Å²) in [7, 11) is 0. The zero-order valence-corrected chi connectivity index (χ0v) is 13.4. The highest BCUT2D eigenvalue weighted by Crippen LogP contribution is 2.23. The highest BCUT2D eigenvalue weighted by atomic mass is 16.5. The van der Waals surface area contributed by atoms with Gasteiger partial charge in [0.25, 0.3) is 0 Å². The maximum atomic E-state index is 12.0. The zero-order valence-electron chi connectivity index (χ0n) is 13.4. The van der Waals surface area contributed by atoms with Crippen LogP contribution in [0.15, 0.2) is 60.7 Å². The van der Waals surface area contributed by atoms with Crippen molar-refractivity contribution >= 4 is 5.91 Å². The fourth-order valence-corrected chi connectivity index (χ4v) is 2.28. The topological polar surface area (TPSA) is 58.6 Å². The van der Waals surface area contributed by atoms with Gasteiger partial charge in [-0.2, -0.15) is 0 Å². The number of benzene rings is 2. The van der Waals surface area contributed by atoms with Crippen molar-refractivity contribution in [2.45, 2.75) is 25.4 Å². The Balaban J connectivity index is 1.67. The predicted octanol–water partition coefficient (Wildman–Crippen LogP) is 2.87. The monoisotopic (exact) mass is 313 g/mol. The second-order valence-electron chi connectivity index (χ2n) is 5.68. The smallest absolute Gasteiger partial charge is 0.223 e. The van der Waals surface area contributed by atoms with Gasteiger partial charge in [-0.3, -0.25) is 4.79 Å². The summed E-state index contributed by atoms with van der Waals surface area (Å²) in [6.07, 6.45) is 0.755. The molecule has 0 radical (unpaired) electrons. The second-order valence-corrected chi connectivity index (χ2v) is 5.68. The zero-order chi connectivity index (χ0) is 16.5. The minimum atomic E-state index is -1.16. The van der Waals surface area contributed by atoms with Crippen LogP contribution in [-0.4, -0.2) is 24.2 Å². The van der Waals surface area contributed by atoms with Gasteiger partial charge in [0.1, 0.15) is 5.75 Å². The van der Waals surface area contributed by atoms with Gasteiger partial charge < -0.3 is 15.2 Å². The third-order valence-corrected chi connectivity index (χ3v) is 3.56. The van der Waals surface area contributed by atoms with Crippen LogP contribution in [-0.2, 0) is 10.4 Å². The van der Waals surface area contributed by atoms with E-state index < -0.39 is 5.60 Å². The first-order valence-corrected chi connectivity index (χ1v) is 7.80. The average molecular weight is 313 g/mol. The highest BCUT2D eigenvalue weighted by Gasteiger charge is 2.26. The molecule has 1 unspecified atom stereocenters. The summed E-state index contributed by atoms with van der Waals surface area (Å²) in [5.41, 5.74) is -0.422. The van der Waals surface area contributed by atoms with Crippen molar-refractivity contribution in [2.75, 3.05) is 13.2 Å². The van der Waals surface area contributed by atoms with Crippen molar-refractivity contribution in [1.29, 1.82) is 0 Å². The molecule has 0 aliphatic rings. The number of para-hydroxylation sites is 1. The molecule has 0 heterocycles.